The second-order valence-electron chi connectivity index (χ2n) is 5.90. The molecule has 2 amide bonds. The summed E-state index contributed by atoms with van der Waals surface area (Å²) in [5.74, 6) is -1.09. The summed E-state index contributed by atoms with van der Waals surface area (Å²) in [7, 11) is 0. The maximum Gasteiger partial charge on any atom is 0.416 e. The molecule has 2 N–H and O–H groups in total. The van der Waals surface area contributed by atoms with Crippen molar-refractivity contribution >= 4 is 23.2 Å². The third-order valence-electron chi connectivity index (χ3n) is 3.51. The lowest BCUT2D eigenvalue weighted by molar-refractivity contribution is -0.143. The Kier molecular flexibility index (Phi) is 6.01. The van der Waals surface area contributed by atoms with Crippen LogP contribution in [0.5, 0.6) is 0 Å². The van der Waals surface area contributed by atoms with Crippen molar-refractivity contribution in [3.8, 4) is 0 Å². The minimum atomic E-state index is -5.00. The van der Waals surface area contributed by atoms with Crippen molar-refractivity contribution in [2.24, 2.45) is 0 Å². The number of carbonyl (C=O) groups excluding carboxylic acids is 2. The van der Waals surface area contributed by atoms with Crippen LogP contribution in [0.3, 0.4) is 0 Å². The van der Waals surface area contributed by atoms with E-state index in [1.54, 1.807) is 0 Å². The molecule has 0 saturated heterocycles. The molecule has 0 atom stereocenters. The van der Waals surface area contributed by atoms with E-state index in [1.807, 2.05) is 0 Å². The molecule has 0 bridgehead atoms. The van der Waals surface area contributed by atoms with Crippen LogP contribution in [0.25, 0.3) is 0 Å². The van der Waals surface area contributed by atoms with Crippen molar-refractivity contribution in [2.45, 2.75) is 25.7 Å². The second-order valence-corrected chi connectivity index (χ2v) is 5.90. The summed E-state index contributed by atoms with van der Waals surface area (Å²) in [4.78, 5) is 23.0. The molecule has 0 radical (unpaired) electrons. The molecule has 0 heterocycles. The largest absolute Gasteiger partial charge is 0.416 e. The number of amides is 2. The highest BCUT2D eigenvalue weighted by atomic mass is 19.4. The van der Waals surface area contributed by atoms with E-state index in [9.17, 15) is 35.9 Å². The Hall–Kier alpha value is -3.04. The number of nitrogens with one attached hydrogen (secondary N) is 2. The quantitative estimate of drug-likeness (QED) is 0.715. The Labute approximate surface area is 155 Å². The molecule has 0 aromatic heterocycles. The maximum absolute atomic E-state index is 12.8. The predicted octanol–water partition coefficient (Wildman–Crippen LogP) is 4.86. The molecule has 10 heteroatoms. The zero-order valence-electron chi connectivity index (χ0n) is 14.3. The summed E-state index contributed by atoms with van der Waals surface area (Å²) < 4.78 is 77.0. The van der Waals surface area contributed by atoms with E-state index in [0.717, 1.165) is 0 Å². The summed E-state index contributed by atoms with van der Waals surface area (Å²) in [6, 6.07) is 6.87. The predicted molar refractivity (Wildman–Crippen MR) is 89.5 cm³/mol. The number of rotatable bonds is 4. The van der Waals surface area contributed by atoms with Gasteiger partial charge in [0.05, 0.1) is 17.5 Å². The number of anilines is 2. The maximum atomic E-state index is 12.8. The standard InChI is InChI=1S/C18H14F6N2O2/c1-10(27)25-14-4-2-11(3-5-14)6-16(28)26-15-8-12(17(19,20)21)7-13(9-15)18(22,23)24/h2-5,7-9H,6H2,1H3,(H,25,27)(H,26,28). The Balaban J connectivity index is 2.17. The van der Waals surface area contributed by atoms with Crippen LogP contribution in [0.1, 0.15) is 23.6 Å². The van der Waals surface area contributed by atoms with Crippen LogP contribution in [0.2, 0.25) is 0 Å². The highest BCUT2D eigenvalue weighted by Crippen LogP contribution is 2.37. The molecule has 2 rings (SSSR count). The molecular formula is C18H14F6N2O2. The summed E-state index contributed by atoms with van der Waals surface area (Å²) >= 11 is 0. The van der Waals surface area contributed by atoms with Gasteiger partial charge in [0.1, 0.15) is 0 Å². The van der Waals surface area contributed by atoms with Gasteiger partial charge in [0.2, 0.25) is 11.8 Å². The number of benzene rings is 2. The highest BCUT2D eigenvalue weighted by Gasteiger charge is 2.37. The summed E-state index contributed by atoms with van der Waals surface area (Å²) in [6.45, 7) is 1.31. The average Bonchev–Trinajstić information content (AvgIpc) is 2.54. The Bertz CT molecular complexity index is 841. The van der Waals surface area contributed by atoms with E-state index in [4.69, 9.17) is 0 Å². The van der Waals surface area contributed by atoms with Gasteiger partial charge in [0, 0.05) is 18.3 Å². The van der Waals surface area contributed by atoms with Crippen molar-refractivity contribution in [1.82, 2.24) is 0 Å². The molecule has 4 nitrogen and oxygen atoms in total. The van der Waals surface area contributed by atoms with Crippen LogP contribution < -0.4 is 10.6 Å². The van der Waals surface area contributed by atoms with Crippen molar-refractivity contribution in [1.29, 1.82) is 0 Å². The molecule has 0 aliphatic heterocycles. The topological polar surface area (TPSA) is 58.2 Å². The third-order valence-corrected chi connectivity index (χ3v) is 3.51. The van der Waals surface area contributed by atoms with Gasteiger partial charge in [-0.15, -0.1) is 0 Å². The van der Waals surface area contributed by atoms with Gasteiger partial charge >= 0.3 is 12.4 Å². The van der Waals surface area contributed by atoms with Crippen LogP contribution in [0.15, 0.2) is 42.5 Å². The van der Waals surface area contributed by atoms with Crippen molar-refractivity contribution in [3.05, 3.63) is 59.2 Å². The minimum Gasteiger partial charge on any atom is -0.326 e. The Morgan fingerprint density at radius 1 is 0.786 bits per heavy atom. The first-order valence-corrected chi connectivity index (χ1v) is 7.80. The van der Waals surface area contributed by atoms with Crippen LogP contribution in [-0.2, 0) is 28.4 Å². The molecule has 0 aliphatic carbocycles. The van der Waals surface area contributed by atoms with E-state index < -0.39 is 35.1 Å². The molecule has 0 saturated carbocycles. The minimum absolute atomic E-state index is 0.0175. The lowest BCUT2D eigenvalue weighted by Gasteiger charge is -2.15. The van der Waals surface area contributed by atoms with Gasteiger partial charge in [-0.2, -0.15) is 26.3 Å². The van der Waals surface area contributed by atoms with Crippen molar-refractivity contribution < 1.29 is 35.9 Å². The Morgan fingerprint density at radius 2 is 1.29 bits per heavy atom. The van der Waals surface area contributed by atoms with Gasteiger partial charge in [-0.05, 0) is 35.9 Å². The zero-order valence-corrected chi connectivity index (χ0v) is 14.3. The molecule has 0 unspecified atom stereocenters. The van der Waals surface area contributed by atoms with Gasteiger partial charge < -0.3 is 10.6 Å². The molecule has 0 aliphatic rings. The summed E-state index contributed by atoms with van der Waals surface area (Å²) in [6.07, 6.45) is -10.3. The molecule has 0 spiro atoms. The lowest BCUT2D eigenvalue weighted by atomic mass is 10.1. The summed E-state index contributed by atoms with van der Waals surface area (Å²) in [5.41, 5.74) is -2.71. The number of hydrogen-bond donors (Lipinski definition) is 2. The van der Waals surface area contributed by atoms with Gasteiger partial charge in [0.15, 0.2) is 0 Å². The molecule has 0 fully saturated rings. The SMILES string of the molecule is CC(=O)Nc1ccc(CC(=O)Nc2cc(C(F)(F)F)cc(C(F)(F)F)c2)cc1. The second kappa shape index (κ2) is 7.91. The number of hydrogen-bond acceptors (Lipinski definition) is 2. The normalized spacial score (nSPS) is 11.8. The number of halogens is 6. The Morgan fingerprint density at radius 3 is 1.71 bits per heavy atom. The van der Waals surface area contributed by atoms with E-state index in [0.29, 0.717) is 23.4 Å². The van der Waals surface area contributed by atoms with Crippen LogP contribution in [0, 0.1) is 0 Å². The monoisotopic (exact) mass is 404 g/mol. The van der Waals surface area contributed by atoms with Gasteiger partial charge in [-0.25, -0.2) is 0 Å². The van der Waals surface area contributed by atoms with Gasteiger partial charge in [0.25, 0.3) is 0 Å². The van der Waals surface area contributed by atoms with Gasteiger partial charge in [-0.3, -0.25) is 9.59 Å². The fourth-order valence-corrected chi connectivity index (χ4v) is 2.33. The first kappa shape index (κ1) is 21.3. The molecular weight excluding hydrogens is 390 g/mol. The van der Waals surface area contributed by atoms with E-state index in [2.05, 4.69) is 10.6 Å². The van der Waals surface area contributed by atoms with E-state index >= 15 is 0 Å². The first-order chi connectivity index (χ1) is 12.8. The smallest absolute Gasteiger partial charge is 0.326 e. The highest BCUT2D eigenvalue weighted by molar-refractivity contribution is 5.93. The summed E-state index contributed by atoms with van der Waals surface area (Å²) in [5, 5.41) is 4.57. The van der Waals surface area contributed by atoms with Crippen LogP contribution in [-0.4, -0.2) is 11.8 Å². The molecule has 28 heavy (non-hydrogen) atoms. The molecule has 150 valence electrons. The third kappa shape index (κ3) is 6.00. The molecule has 2 aromatic carbocycles. The first-order valence-electron chi connectivity index (χ1n) is 7.80. The van der Waals surface area contributed by atoms with E-state index in [1.165, 1.54) is 31.2 Å². The average molecular weight is 404 g/mol. The van der Waals surface area contributed by atoms with Crippen LogP contribution >= 0.6 is 0 Å². The van der Waals surface area contributed by atoms with Crippen molar-refractivity contribution in [3.63, 3.8) is 0 Å². The fourth-order valence-electron chi connectivity index (χ4n) is 2.33. The number of carbonyl (C=O) groups is 2. The van der Waals surface area contributed by atoms with Crippen molar-refractivity contribution in [2.75, 3.05) is 10.6 Å². The molecule has 2 aromatic rings. The number of alkyl halides is 6. The van der Waals surface area contributed by atoms with Crippen LogP contribution in [0.4, 0.5) is 37.7 Å². The fraction of sp³-hybridized carbons (Fsp3) is 0.222. The lowest BCUT2D eigenvalue weighted by Crippen LogP contribution is -2.17. The van der Waals surface area contributed by atoms with Gasteiger partial charge in [-0.1, -0.05) is 12.1 Å². The zero-order chi connectivity index (χ0) is 21.1. The van der Waals surface area contributed by atoms with E-state index in [-0.39, 0.29) is 18.4 Å².